The van der Waals surface area contributed by atoms with E-state index in [0.29, 0.717) is 16.7 Å². The number of halogens is 1. The van der Waals surface area contributed by atoms with Crippen LogP contribution in [-0.2, 0) is 0 Å². The molecule has 1 heterocycles. The first-order valence-corrected chi connectivity index (χ1v) is 6.69. The van der Waals surface area contributed by atoms with Crippen molar-refractivity contribution in [2.75, 3.05) is 5.88 Å². The maximum absolute atomic E-state index is 11.9. The molecule has 1 unspecified atom stereocenters. The van der Waals surface area contributed by atoms with Gasteiger partial charge in [0.1, 0.15) is 4.88 Å². The first-order valence-electron chi connectivity index (χ1n) is 5.34. The lowest BCUT2D eigenvalue weighted by atomic mass is 10.0. The Morgan fingerprint density at radius 2 is 2.31 bits per heavy atom. The number of aryl methyl sites for hydroxylation is 1. The number of alkyl halides is 1. The lowest BCUT2D eigenvalue weighted by Crippen LogP contribution is -2.38. The summed E-state index contributed by atoms with van der Waals surface area (Å²) in [6.45, 7) is 6.05. The number of amides is 1. The largest absolute Gasteiger partial charge is 0.348 e. The molecular formula is C11H17ClN2OS. The van der Waals surface area contributed by atoms with Crippen LogP contribution in [0, 0.1) is 12.8 Å². The lowest BCUT2D eigenvalue weighted by molar-refractivity contribution is 0.0929. The van der Waals surface area contributed by atoms with Crippen LogP contribution in [0.2, 0.25) is 0 Å². The average Bonchev–Trinajstić information content (AvgIpc) is 2.64. The molecule has 0 saturated heterocycles. The summed E-state index contributed by atoms with van der Waals surface area (Å²) in [4.78, 5) is 16.6. The van der Waals surface area contributed by atoms with Crippen LogP contribution in [0.3, 0.4) is 0 Å². The predicted molar refractivity (Wildman–Crippen MR) is 68.3 cm³/mol. The number of rotatable bonds is 5. The van der Waals surface area contributed by atoms with Crippen molar-refractivity contribution >= 4 is 28.8 Å². The zero-order chi connectivity index (χ0) is 12.1. The van der Waals surface area contributed by atoms with Crippen molar-refractivity contribution in [1.82, 2.24) is 10.3 Å². The second kappa shape index (κ2) is 6.21. The lowest BCUT2D eigenvalue weighted by Gasteiger charge is -2.20. The molecule has 0 spiro atoms. The van der Waals surface area contributed by atoms with E-state index in [1.54, 1.807) is 6.20 Å². The van der Waals surface area contributed by atoms with Crippen LogP contribution >= 0.6 is 22.9 Å². The standard InChI is InChI=1S/C11H17ClN2OS/c1-7(2)9(4-5-12)14-11(15)10-6-13-8(3)16-10/h6-7,9H,4-5H2,1-3H3,(H,14,15). The molecule has 3 nitrogen and oxygen atoms in total. The van der Waals surface area contributed by atoms with E-state index in [1.807, 2.05) is 6.92 Å². The third-order valence-corrected chi connectivity index (χ3v) is 3.52. The minimum atomic E-state index is -0.0468. The van der Waals surface area contributed by atoms with Crippen LogP contribution in [0.25, 0.3) is 0 Å². The van der Waals surface area contributed by atoms with Crippen molar-refractivity contribution in [2.24, 2.45) is 5.92 Å². The third-order valence-electron chi connectivity index (χ3n) is 2.39. The van der Waals surface area contributed by atoms with Gasteiger partial charge in [-0.1, -0.05) is 13.8 Å². The van der Waals surface area contributed by atoms with Gasteiger partial charge >= 0.3 is 0 Å². The number of hydrogen-bond donors (Lipinski definition) is 1. The van der Waals surface area contributed by atoms with Crippen LogP contribution in [-0.4, -0.2) is 22.8 Å². The molecule has 5 heteroatoms. The molecule has 0 aliphatic rings. The summed E-state index contributed by atoms with van der Waals surface area (Å²) in [5.41, 5.74) is 0. The van der Waals surface area contributed by atoms with Gasteiger partial charge in [-0.25, -0.2) is 4.98 Å². The molecule has 1 atom stereocenters. The molecule has 16 heavy (non-hydrogen) atoms. The summed E-state index contributed by atoms with van der Waals surface area (Å²) in [5.74, 6) is 0.899. The molecule has 0 radical (unpaired) electrons. The Kier molecular flexibility index (Phi) is 5.22. The SMILES string of the molecule is Cc1ncc(C(=O)NC(CCCl)C(C)C)s1. The molecule has 1 amide bonds. The van der Waals surface area contributed by atoms with E-state index in [9.17, 15) is 4.79 Å². The Morgan fingerprint density at radius 3 is 2.75 bits per heavy atom. The topological polar surface area (TPSA) is 42.0 Å². The van der Waals surface area contributed by atoms with E-state index in [0.717, 1.165) is 11.4 Å². The predicted octanol–water partition coefficient (Wildman–Crippen LogP) is 2.83. The van der Waals surface area contributed by atoms with Crippen molar-refractivity contribution in [3.05, 3.63) is 16.1 Å². The monoisotopic (exact) mass is 260 g/mol. The quantitative estimate of drug-likeness (QED) is 0.828. The van der Waals surface area contributed by atoms with Crippen LogP contribution in [0.5, 0.6) is 0 Å². The highest BCUT2D eigenvalue weighted by atomic mass is 35.5. The molecule has 0 bridgehead atoms. The van der Waals surface area contributed by atoms with Crippen LogP contribution in [0.15, 0.2) is 6.20 Å². The Morgan fingerprint density at radius 1 is 1.62 bits per heavy atom. The van der Waals surface area contributed by atoms with Gasteiger partial charge in [-0.3, -0.25) is 4.79 Å². The summed E-state index contributed by atoms with van der Waals surface area (Å²) in [6.07, 6.45) is 2.41. The number of thiazole rings is 1. The number of carbonyl (C=O) groups is 1. The first kappa shape index (κ1) is 13.5. The van der Waals surface area contributed by atoms with Gasteiger partial charge in [-0.15, -0.1) is 22.9 Å². The number of hydrogen-bond acceptors (Lipinski definition) is 3. The Labute approximate surface area is 105 Å². The van der Waals surface area contributed by atoms with Crippen molar-refractivity contribution in [2.45, 2.75) is 33.2 Å². The fourth-order valence-corrected chi connectivity index (χ4v) is 2.31. The highest BCUT2D eigenvalue weighted by molar-refractivity contribution is 7.13. The van der Waals surface area contributed by atoms with E-state index in [4.69, 9.17) is 11.6 Å². The van der Waals surface area contributed by atoms with Gasteiger partial charge in [0.15, 0.2) is 0 Å². The van der Waals surface area contributed by atoms with E-state index in [1.165, 1.54) is 11.3 Å². The molecule has 0 saturated carbocycles. The summed E-state index contributed by atoms with van der Waals surface area (Å²) in [6, 6.07) is 0.132. The third kappa shape index (κ3) is 3.76. The van der Waals surface area contributed by atoms with E-state index < -0.39 is 0 Å². The molecule has 0 aliphatic heterocycles. The van der Waals surface area contributed by atoms with Crippen molar-refractivity contribution in [3.8, 4) is 0 Å². The number of aromatic nitrogens is 1. The zero-order valence-corrected chi connectivity index (χ0v) is 11.4. The van der Waals surface area contributed by atoms with E-state index in [2.05, 4.69) is 24.1 Å². The highest BCUT2D eigenvalue weighted by Gasteiger charge is 2.17. The molecule has 0 aromatic carbocycles. The summed E-state index contributed by atoms with van der Waals surface area (Å²) in [5, 5.41) is 3.90. The molecule has 0 fully saturated rings. The van der Waals surface area contributed by atoms with E-state index >= 15 is 0 Å². The highest BCUT2D eigenvalue weighted by Crippen LogP contribution is 2.13. The van der Waals surface area contributed by atoms with Crippen molar-refractivity contribution in [3.63, 3.8) is 0 Å². The minimum Gasteiger partial charge on any atom is -0.348 e. The maximum atomic E-state index is 11.9. The zero-order valence-electron chi connectivity index (χ0n) is 9.79. The summed E-state index contributed by atoms with van der Waals surface area (Å²) in [7, 11) is 0. The molecule has 1 aromatic heterocycles. The smallest absolute Gasteiger partial charge is 0.263 e. The Bertz CT molecular complexity index is 352. The fourth-order valence-electron chi connectivity index (χ4n) is 1.40. The van der Waals surface area contributed by atoms with E-state index in [-0.39, 0.29) is 11.9 Å². The van der Waals surface area contributed by atoms with Gasteiger partial charge in [-0.05, 0) is 19.3 Å². The summed E-state index contributed by atoms with van der Waals surface area (Å²) >= 11 is 7.12. The van der Waals surface area contributed by atoms with Gasteiger partial charge in [0, 0.05) is 11.9 Å². The van der Waals surface area contributed by atoms with Crippen LogP contribution < -0.4 is 5.32 Å². The molecule has 1 N–H and O–H groups in total. The molecule has 1 aromatic rings. The molecule has 0 aliphatic carbocycles. The second-order valence-electron chi connectivity index (χ2n) is 4.05. The normalized spacial score (nSPS) is 12.8. The summed E-state index contributed by atoms with van der Waals surface area (Å²) < 4.78 is 0. The van der Waals surface area contributed by atoms with Crippen LogP contribution in [0.4, 0.5) is 0 Å². The number of nitrogens with one attached hydrogen (secondary N) is 1. The number of carbonyl (C=O) groups excluding carboxylic acids is 1. The minimum absolute atomic E-state index is 0.0468. The maximum Gasteiger partial charge on any atom is 0.263 e. The Balaban J connectivity index is 2.61. The average molecular weight is 261 g/mol. The first-order chi connectivity index (χ1) is 7.54. The molecule has 1 rings (SSSR count). The fraction of sp³-hybridized carbons (Fsp3) is 0.636. The van der Waals surface area contributed by atoms with Gasteiger partial charge in [-0.2, -0.15) is 0 Å². The van der Waals surface area contributed by atoms with Crippen LogP contribution in [0.1, 0.15) is 34.9 Å². The molecule has 90 valence electrons. The van der Waals surface area contributed by atoms with Gasteiger partial charge in [0.25, 0.3) is 5.91 Å². The second-order valence-corrected chi connectivity index (χ2v) is 5.66. The number of nitrogens with zero attached hydrogens (tertiary/aromatic N) is 1. The van der Waals surface area contributed by atoms with Crippen molar-refractivity contribution < 1.29 is 4.79 Å². The molecular weight excluding hydrogens is 244 g/mol. The van der Waals surface area contributed by atoms with Crippen molar-refractivity contribution in [1.29, 1.82) is 0 Å². The van der Waals surface area contributed by atoms with Gasteiger partial charge < -0.3 is 5.32 Å². The Hall–Kier alpha value is -0.610. The van der Waals surface area contributed by atoms with Gasteiger partial charge in [0.2, 0.25) is 0 Å². The van der Waals surface area contributed by atoms with Gasteiger partial charge in [0.05, 0.1) is 11.2 Å².